The normalized spacial score (nSPS) is 26.9. The molecule has 2 aliphatic rings. The highest BCUT2D eigenvalue weighted by atomic mass is 32.2. The van der Waals surface area contributed by atoms with Crippen LogP contribution in [0.25, 0.3) is 0 Å². The van der Waals surface area contributed by atoms with Gasteiger partial charge in [-0.3, -0.25) is 0 Å². The number of aryl methyl sites for hydroxylation is 1. The molecule has 3 rings (SSSR count). The quantitative estimate of drug-likeness (QED) is 0.870. The summed E-state index contributed by atoms with van der Waals surface area (Å²) < 4.78 is 27.1. The Kier molecular flexibility index (Phi) is 4.39. The van der Waals surface area contributed by atoms with Crippen molar-refractivity contribution >= 4 is 10.0 Å². The van der Waals surface area contributed by atoms with E-state index in [-0.39, 0.29) is 5.92 Å². The van der Waals surface area contributed by atoms with E-state index < -0.39 is 16.1 Å². The van der Waals surface area contributed by atoms with Gasteiger partial charge in [0.05, 0.1) is 11.0 Å². The average molecular weight is 321 g/mol. The molecule has 1 aliphatic carbocycles. The maximum Gasteiger partial charge on any atom is 0.243 e. The third-order valence-corrected chi connectivity index (χ3v) is 6.63. The first-order valence-electron chi connectivity index (χ1n) is 7.92. The van der Waals surface area contributed by atoms with E-state index >= 15 is 0 Å². The van der Waals surface area contributed by atoms with Crippen molar-refractivity contribution in [1.29, 1.82) is 0 Å². The van der Waals surface area contributed by atoms with Gasteiger partial charge >= 0.3 is 0 Å². The molecule has 1 saturated heterocycles. The summed E-state index contributed by atoms with van der Waals surface area (Å²) >= 11 is 0. The van der Waals surface area contributed by atoms with E-state index in [0.29, 0.717) is 24.4 Å². The van der Waals surface area contributed by atoms with Crippen molar-refractivity contribution in [2.45, 2.75) is 43.6 Å². The monoisotopic (exact) mass is 321 g/mol. The predicted molar refractivity (Wildman–Crippen MR) is 86.0 cm³/mol. The third kappa shape index (κ3) is 2.98. The van der Waals surface area contributed by atoms with Crippen molar-refractivity contribution in [3.63, 3.8) is 0 Å². The maximum absolute atomic E-state index is 12.8. The molecule has 1 heterocycles. The molecular weight excluding hydrogens is 298 g/mol. The van der Waals surface area contributed by atoms with Gasteiger partial charge in [0, 0.05) is 19.0 Å². The fourth-order valence-electron chi connectivity index (χ4n) is 3.38. The highest BCUT2D eigenvalue weighted by Crippen LogP contribution is 2.33. The standard InChI is InChI=1S/C17H23NO3S/c1-13-6-8-15(9-7-13)22(20,21)18-11-10-17(19)16(12-18)14-4-2-3-5-14/h4,6-9,16-17,19H,2-3,5,10-12H2,1H3/t16-,17+/m1/s1. The Bertz CT molecular complexity index is 664. The summed E-state index contributed by atoms with van der Waals surface area (Å²) in [4.78, 5) is 0.341. The van der Waals surface area contributed by atoms with Crippen LogP contribution in [0.5, 0.6) is 0 Å². The maximum atomic E-state index is 12.8. The Hall–Kier alpha value is -1.17. The number of hydrogen-bond donors (Lipinski definition) is 1. The molecule has 0 aromatic heterocycles. The zero-order chi connectivity index (χ0) is 15.7. The van der Waals surface area contributed by atoms with E-state index in [2.05, 4.69) is 6.08 Å². The first kappa shape index (κ1) is 15.7. The molecule has 0 radical (unpaired) electrons. The molecule has 2 atom stereocenters. The molecule has 1 aromatic rings. The van der Waals surface area contributed by atoms with Gasteiger partial charge in [-0.15, -0.1) is 0 Å². The molecule has 0 spiro atoms. The molecule has 1 aromatic carbocycles. The molecule has 0 unspecified atom stereocenters. The number of piperidine rings is 1. The fraction of sp³-hybridized carbons (Fsp3) is 0.529. The highest BCUT2D eigenvalue weighted by molar-refractivity contribution is 7.89. The van der Waals surface area contributed by atoms with Crippen LogP contribution in [0.3, 0.4) is 0 Å². The number of benzene rings is 1. The second-order valence-electron chi connectivity index (χ2n) is 6.31. The van der Waals surface area contributed by atoms with Gasteiger partial charge in [0.1, 0.15) is 0 Å². The van der Waals surface area contributed by atoms with Gasteiger partial charge in [0.25, 0.3) is 0 Å². The minimum atomic E-state index is -3.47. The highest BCUT2D eigenvalue weighted by Gasteiger charge is 2.36. The minimum Gasteiger partial charge on any atom is -0.392 e. The lowest BCUT2D eigenvalue weighted by molar-refractivity contribution is 0.0697. The molecule has 1 fully saturated rings. The predicted octanol–water partition coefficient (Wildman–Crippen LogP) is 2.48. The van der Waals surface area contributed by atoms with Crippen molar-refractivity contribution in [3.8, 4) is 0 Å². The second-order valence-corrected chi connectivity index (χ2v) is 8.25. The topological polar surface area (TPSA) is 57.6 Å². The Labute approximate surface area is 132 Å². The van der Waals surface area contributed by atoms with E-state index in [1.165, 1.54) is 9.88 Å². The Morgan fingerprint density at radius 2 is 1.95 bits per heavy atom. The fourth-order valence-corrected chi connectivity index (χ4v) is 4.87. The summed E-state index contributed by atoms with van der Waals surface area (Å²) in [6.45, 7) is 2.72. The number of allylic oxidation sites excluding steroid dienone is 1. The molecule has 0 saturated carbocycles. The van der Waals surface area contributed by atoms with Crippen LogP contribution in [0.4, 0.5) is 0 Å². The number of hydrogen-bond acceptors (Lipinski definition) is 3. The molecule has 1 N–H and O–H groups in total. The van der Waals surface area contributed by atoms with Crippen LogP contribution in [0.1, 0.15) is 31.2 Å². The molecule has 120 valence electrons. The molecule has 22 heavy (non-hydrogen) atoms. The average Bonchev–Trinajstić information content (AvgIpc) is 3.02. The summed E-state index contributed by atoms with van der Waals surface area (Å²) in [5.41, 5.74) is 2.28. The van der Waals surface area contributed by atoms with Gasteiger partial charge in [-0.05, 0) is 44.7 Å². The first-order valence-corrected chi connectivity index (χ1v) is 9.36. The van der Waals surface area contributed by atoms with E-state index in [4.69, 9.17) is 0 Å². The van der Waals surface area contributed by atoms with Crippen molar-refractivity contribution in [2.75, 3.05) is 13.1 Å². The Morgan fingerprint density at radius 1 is 1.23 bits per heavy atom. The summed E-state index contributed by atoms with van der Waals surface area (Å²) in [5, 5.41) is 10.3. The van der Waals surface area contributed by atoms with Crippen molar-refractivity contribution in [3.05, 3.63) is 41.5 Å². The van der Waals surface area contributed by atoms with Crippen LogP contribution in [0, 0.1) is 12.8 Å². The summed E-state index contributed by atoms with van der Waals surface area (Å²) in [6, 6.07) is 6.98. The van der Waals surface area contributed by atoms with Crippen molar-refractivity contribution in [1.82, 2.24) is 4.31 Å². The lowest BCUT2D eigenvalue weighted by Crippen LogP contribution is -2.46. The van der Waals surface area contributed by atoms with Gasteiger partial charge in [-0.1, -0.05) is 29.3 Å². The SMILES string of the molecule is Cc1ccc(S(=O)(=O)N2CC[C@H](O)[C@@H](C3=CCCC3)C2)cc1. The number of rotatable bonds is 3. The van der Waals surface area contributed by atoms with Crippen LogP contribution in [0.2, 0.25) is 0 Å². The smallest absolute Gasteiger partial charge is 0.243 e. The third-order valence-electron chi connectivity index (χ3n) is 4.75. The molecule has 0 bridgehead atoms. The summed E-state index contributed by atoms with van der Waals surface area (Å²) in [7, 11) is -3.47. The second kappa shape index (κ2) is 6.14. The molecular formula is C17H23NO3S. The molecule has 4 nitrogen and oxygen atoms in total. The van der Waals surface area contributed by atoms with Crippen molar-refractivity contribution < 1.29 is 13.5 Å². The van der Waals surface area contributed by atoms with Gasteiger partial charge in [-0.25, -0.2) is 8.42 Å². The van der Waals surface area contributed by atoms with Gasteiger partial charge in [0.15, 0.2) is 0 Å². The van der Waals surface area contributed by atoms with Crippen LogP contribution >= 0.6 is 0 Å². The van der Waals surface area contributed by atoms with E-state index in [1.807, 2.05) is 19.1 Å². The first-order chi connectivity index (χ1) is 10.5. The van der Waals surface area contributed by atoms with E-state index in [0.717, 1.165) is 24.8 Å². The molecule has 1 aliphatic heterocycles. The van der Waals surface area contributed by atoms with E-state index in [9.17, 15) is 13.5 Å². The van der Waals surface area contributed by atoms with Crippen LogP contribution in [-0.4, -0.2) is 37.0 Å². The van der Waals surface area contributed by atoms with Crippen LogP contribution < -0.4 is 0 Å². The summed E-state index contributed by atoms with van der Waals surface area (Å²) in [6.07, 6.45) is 5.41. The zero-order valence-electron chi connectivity index (χ0n) is 12.9. The van der Waals surface area contributed by atoms with E-state index in [1.54, 1.807) is 12.1 Å². The zero-order valence-corrected chi connectivity index (χ0v) is 13.7. The number of aliphatic hydroxyl groups is 1. The Balaban J connectivity index is 1.83. The number of aliphatic hydroxyl groups excluding tert-OH is 1. The molecule has 5 heteroatoms. The lowest BCUT2D eigenvalue weighted by atomic mass is 9.88. The van der Waals surface area contributed by atoms with Crippen molar-refractivity contribution in [2.24, 2.45) is 5.92 Å². The summed E-state index contributed by atoms with van der Waals surface area (Å²) in [5.74, 6) is -0.0449. The van der Waals surface area contributed by atoms with Gasteiger partial charge < -0.3 is 5.11 Å². The minimum absolute atomic E-state index is 0.0449. The van der Waals surface area contributed by atoms with Crippen LogP contribution in [-0.2, 0) is 10.0 Å². The van der Waals surface area contributed by atoms with Gasteiger partial charge in [-0.2, -0.15) is 4.31 Å². The lowest BCUT2D eigenvalue weighted by Gasteiger charge is -2.36. The van der Waals surface area contributed by atoms with Gasteiger partial charge in [0.2, 0.25) is 10.0 Å². The number of sulfonamides is 1. The molecule has 0 amide bonds. The largest absolute Gasteiger partial charge is 0.392 e. The van der Waals surface area contributed by atoms with Crippen LogP contribution in [0.15, 0.2) is 40.8 Å². The number of nitrogens with zero attached hydrogens (tertiary/aromatic N) is 1. The Morgan fingerprint density at radius 3 is 2.59 bits per heavy atom.